The van der Waals surface area contributed by atoms with Crippen LogP contribution in [-0.4, -0.2) is 17.8 Å². The van der Waals surface area contributed by atoms with Gasteiger partial charge in [0.25, 0.3) is 0 Å². The van der Waals surface area contributed by atoms with Crippen LogP contribution >= 0.6 is 0 Å². The second-order valence-electron chi connectivity index (χ2n) is 4.13. The zero-order chi connectivity index (χ0) is 10.6. The van der Waals surface area contributed by atoms with E-state index in [1.807, 2.05) is 12.1 Å². The highest BCUT2D eigenvalue weighted by Gasteiger charge is 2.15. The highest BCUT2D eigenvalue weighted by atomic mass is 16.5. The molecule has 1 aromatic rings. The first-order valence-electron chi connectivity index (χ1n) is 4.86. The minimum absolute atomic E-state index is 0.0715. The van der Waals surface area contributed by atoms with Gasteiger partial charge in [-0.1, -0.05) is 12.1 Å². The zero-order valence-electron chi connectivity index (χ0n) is 9.08. The molecular weight excluding hydrogens is 176 g/mol. The molecule has 0 saturated heterocycles. The Bertz CT molecular complexity index is 275. The van der Waals surface area contributed by atoms with Crippen LogP contribution in [-0.2, 0) is 11.2 Å². The molecule has 0 fully saturated rings. The number of ether oxygens (including phenoxy) is 1. The predicted octanol–water partition coefficient (Wildman–Crippen LogP) is 2.75. The lowest BCUT2D eigenvalue weighted by Gasteiger charge is -2.22. The summed E-state index contributed by atoms with van der Waals surface area (Å²) in [6.07, 6.45) is 1.95. The molecule has 1 rings (SSSR count). The molecule has 0 atom stereocenters. The lowest BCUT2D eigenvalue weighted by atomic mass is 9.98. The van der Waals surface area contributed by atoms with Crippen molar-refractivity contribution in [1.29, 1.82) is 0 Å². The fraction of sp³-hybridized carbons (Fsp3) is 0.500. The SMILES string of the molecule is COC(C)(C)CCc1ccc(O)cc1. The highest BCUT2D eigenvalue weighted by Crippen LogP contribution is 2.18. The summed E-state index contributed by atoms with van der Waals surface area (Å²) in [6.45, 7) is 4.15. The molecule has 0 unspecified atom stereocenters. The molecule has 0 heterocycles. The van der Waals surface area contributed by atoms with Crippen molar-refractivity contribution >= 4 is 0 Å². The van der Waals surface area contributed by atoms with Crippen LogP contribution in [0.5, 0.6) is 5.75 Å². The van der Waals surface area contributed by atoms with Crippen molar-refractivity contribution in [3.63, 3.8) is 0 Å². The first-order valence-corrected chi connectivity index (χ1v) is 4.86. The fourth-order valence-electron chi connectivity index (χ4n) is 1.21. The maximum absolute atomic E-state index is 9.11. The summed E-state index contributed by atoms with van der Waals surface area (Å²) in [4.78, 5) is 0. The molecule has 0 aliphatic carbocycles. The molecule has 2 heteroatoms. The van der Waals surface area contributed by atoms with Gasteiger partial charge in [-0.3, -0.25) is 0 Å². The van der Waals surface area contributed by atoms with E-state index in [-0.39, 0.29) is 5.60 Å². The van der Waals surface area contributed by atoms with Gasteiger partial charge in [0.15, 0.2) is 0 Å². The number of phenols is 1. The largest absolute Gasteiger partial charge is 0.508 e. The summed E-state index contributed by atoms with van der Waals surface area (Å²) in [5.41, 5.74) is 1.16. The van der Waals surface area contributed by atoms with E-state index in [1.54, 1.807) is 19.2 Å². The quantitative estimate of drug-likeness (QED) is 0.798. The number of benzene rings is 1. The smallest absolute Gasteiger partial charge is 0.115 e. The predicted molar refractivity (Wildman–Crippen MR) is 57.5 cm³/mol. The van der Waals surface area contributed by atoms with Crippen LogP contribution in [0.3, 0.4) is 0 Å². The van der Waals surface area contributed by atoms with E-state index >= 15 is 0 Å². The van der Waals surface area contributed by atoms with Crippen LogP contribution in [0.2, 0.25) is 0 Å². The standard InChI is InChI=1S/C12H18O2/c1-12(2,14-3)9-8-10-4-6-11(13)7-5-10/h4-7,13H,8-9H2,1-3H3. The molecule has 0 aromatic heterocycles. The van der Waals surface area contributed by atoms with Crippen molar-refractivity contribution in [3.05, 3.63) is 29.8 Å². The van der Waals surface area contributed by atoms with Gasteiger partial charge in [-0.15, -0.1) is 0 Å². The van der Waals surface area contributed by atoms with E-state index in [0.29, 0.717) is 5.75 Å². The molecule has 0 radical (unpaired) electrons. The normalized spacial score (nSPS) is 11.6. The molecule has 1 aromatic carbocycles. The van der Waals surface area contributed by atoms with Gasteiger partial charge in [-0.05, 0) is 44.4 Å². The molecule has 0 bridgehead atoms. The maximum Gasteiger partial charge on any atom is 0.115 e. The topological polar surface area (TPSA) is 29.5 Å². The Kier molecular flexibility index (Phi) is 3.53. The van der Waals surface area contributed by atoms with Gasteiger partial charge in [0.2, 0.25) is 0 Å². The Morgan fingerprint density at radius 2 is 1.79 bits per heavy atom. The van der Waals surface area contributed by atoms with E-state index in [9.17, 15) is 0 Å². The Morgan fingerprint density at radius 3 is 2.29 bits per heavy atom. The van der Waals surface area contributed by atoms with E-state index in [0.717, 1.165) is 12.8 Å². The van der Waals surface area contributed by atoms with E-state index in [1.165, 1.54) is 5.56 Å². The summed E-state index contributed by atoms with van der Waals surface area (Å²) >= 11 is 0. The zero-order valence-corrected chi connectivity index (χ0v) is 9.08. The number of aryl methyl sites for hydroxylation is 1. The van der Waals surface area contributed by atoms with E-state index < -0.39 is 0 Å². The first kappa shape index (κ1) is 11.1. The molecule has 78 valence electrons. The molecule has 0 aliphatic heterocycles. The molecular formula is C12H18O2. The van der Waals surface area contributed by atoms with Gasteiger partial charge in [-0.25, -0.2) is 0 Å². The Balaban J connectivity index is 2.50. The number of hydrogen-bond donors (Lipinski definition) is 1. The van der Waals surface area contributed by atoms with Crippen LogP contribution in [0.25, 0.3) is 0 Å². The van der Waals surface area contributed by atoms with Crippen LogP contribution in [0, 0.1) is 0 Å². The number of methoxy groups -OCH3 is 1. The first-order chi connectivity index (χ1) is 6.53. The van der Waals surface area contributed by atoms with E-state index in [2.05, 4.69) is 13.8 Å². The number of hydrogen-bond acceptors (Lipinski definition) is 2. The number of rotatable bonds is 4. The van der Waals surface area contributed by atoms with Crippen molar-refractivity contribution in [2.75, 3.05) is 7.11 Å². The number of aromatic hydroxyl groups is 1. The lowest BCUT2D eigenvalue weighted by molar-refractivity contribution is 0.0158. The third-order valence-corrected chi connectivity index (χ3v) is 2.50. The highest BCUT2D eigenvalue weighted by molar-refractivity contribution is 5.25. The van der Waals surface area contributed by atoms with Gasteiger partial charge >= 0.3 is 0 Å². The van der Waals surface area contributed by atoms with Crippen molar-refractivity contribution in [2.24, 2.45) is 0 Å². The molecule has 14 heavy (non-hydrogen) atoms. The van der Waals surface area contributed by atoms with Crippen LogP contribution < -0.4 is 0 Å². The monoisotopic (exact) mass is 194 g/mol. The van der Waals surface area contributed by atoms with Crippen molar-refractivity contribution < 1.29 is 9.84 Å². The number of phenolic OH excluding ortho intramolecular Hbond substituents is 1. The second-order valence-corrected chi connectivity index (χ2v) is 4.13. The molecule has 0 spiro atoms. The average molecular weight is 194 g/mol. The third kappa shape index (κ3) is 3.38. The fourth-order valence-corrected chi connectivity index (χ4v) is 1.21. The summed E-state index contributed by atoms with van der Waals surface area (Å²) in [5.74, 6) is 0.319. The lowest BCUT2D eigenvalue weighted by Crippen LogP contribution is -2.22. The molecule has 1 N–H and O–H groups in total. The minimum atomic E-state index is -0.0715. The van der Waals surface area contributed by atoms with Crippen LogP contribution in [0.15, 0.2) is 24.3 Å². The van der Waals surface area contributed by atoms with Crippen LogP contribution in [0.1, 0.15) is 25.8 Å². The van der Waals surface area contributed by atoms with Crippen molar-refractivity contribution in [3.8, 4) is 5.75 Å². The Morgan fingerprint density at radius 1 is 1.21 bits per heavy atom. The maximum atomic E-state index is 9.11. The molecule has 2 nitrogen and oxygen atoms in total. The molecule has 0 aliphatic rings. The van der Waals surface area contributed by atoms with E-state index in [4.69, 9.17) is 9.84 Å². The van der Waals surface area contributed by atoms with Gasteiger partial charge in [0, 0.05) is 7.11 Å². The van der Waals surface area contributed by atoms with Gasteiger partial charge in [-0.2, -0.15) is 0 Å². The van der Waals surface area contributed by atoms with Gasteiger partial charge in [0.1, 0.15) is 5.75 Å². The van der Waals surface area contributed by atoms with Gasteiger partial charge in [0.05, 0.1) is 5.60 Å². The second kappa shape index (κ2) is 4.47. The minimum Gasteiger partial charge on any atom is -0.508 e. The molecule has 0 saturated carbocycles. The Hall–Kier alpha value is -1.02. The van der Waals surface area contributed by atoms with Crippen molar-refractivity contribution in [1.82, 2.24) is 0 Å². The van der Waals surface area contributed by atoms with Crippen LogP contribution in [0.4, 0.5) is 0 Å². The molecule has 0 amide bonds. The summed E-state index contributed by atoms with van der Waals surface area (Å²) in [7, 11) is 1.73. The summed E-state index contributed by atoms with van der Waals surface area (Å²) in [6, 6.07) is 7.33. The van der Waals surface area contributed by atoms with Gasteiger partial charge < -0.3 is 9.84 Å². The summed E-state index contributed by atoms with van der Waals surface area (Å²) in [5, 5.41) is 9.11. The average Bonchev–Trinajstić information content (AvgIpc) is 2.17. The Labute approximate surface area is 85.5 Å². The van der Waals surface area contributed by atoms with Crippen molar-refractivity contribution in [2.45, 2.75) is 32.3 Å². The third-order valence-electron chi connectivity index (χ3n) is 2.50. The summed E-state index contributed by atoms with van der Waals surface area (Å²) < 4.78 is 5.33.